The lowest BCUT2D eigenvalue weighted by molar-refractivity contribution is 0.949. The molecule has 20 heavy (non-hydrogen) atoms. The zero-order chi connectivity index (χ0) is 13.7. The van der Waals surface area contributed by atoms with Gasteiger partial charge in [-0.3, -0.25) is 0 Å². The molecule has 5 heteroatoms. The standard InChI is InChI=1S/C15H12N4S/c1-9-11-13(19(2)8-16-11)12-15(17-9)20-14(18-12)10-6-4-3-5-7-10/h3-8H,1-2H3. The summed E-state index contributed by atoms with van der Waals surface area (Å²) in [4.78, 5) is 14.8. The molecule has 0 unspecified atom stereocenters. The smallest absolute Gasteiger partial charge is 0.146 e. The minimum Gasteiger partial charge on any atom is -0.332 e. The van der Waals surface area contributed by atoms with Gasteiger partial charge < -0.3 is 4.57 Å². The molecule has 4 aromatic rings. The molecule has 0 saturated heterocycles. The van der Waals surface area contributed by atoms with Crippen LogP contribution in [0.2, 0.25) is 0 Å². The molecule has 0 N–H and O–H groups in total. The topological polar surface area (TPSA) is 43.6 Å². The quantitative estimate of drug-likeness (QED) is 0.535. The van der Waals surface area contributed by atoms with E-state index in [1.165, 1.54) is 0 Å². The molecule has 0 aliphatic carbocycles. The molecule has 3 heterocycles. The molecule has 4 nitrogen and oxygen atoms in total. The maximum Gasteiger partial charge on any atom is 0.146 e. The Labute approximate surface area is 119 Å². The number of imidazole rings is 1. The van der Waals surface area contributed by atoms with Crippen LogP contribution in [0.3, 0.4) is 0 Å². The van der Waals surface area contributed by atoms with Crippen LogP contribution in [0.4, 0.5) is 0 Å². The summed E-state index contributed by atoms with van der Waals surface area (Å²) in [6.07, 6.45) is 1.82. The Hall–Kier alpha value is -2.27. The summed E-state index contributed by atoms with van der Waals surface area (Å²) in [5, 5.41) is 1.00. The van der Waals surface area contributed by atoms with Crippen LogP contribution in [0.25, 0.3) is 32.0 Å². The number of nitrogens with zero attached hydrogens (tertiary/aromatic N) is 4. The predicted octanol–water partition coefficient (Wildman–Crippen LogP) is 3.55. The first kappa shape index (κ1) is 11.5. The number of pyridine rings is 1. The number of aryl methyl sites for hydroxylation is 2. The van der Waals surface area contributed by atoms with Crippen LogP contribution >= 0.6 is 11.3 Å². The van der Waals surface area contributed by atoms with Gasteiger partial charge in [0.1, 0.15) is 20.9 Å². The van der Waals surface area contributed by atoms with Crippen molar-refractivity contribution >= 4 is 32.7 Å². The molecule has 0 spiro atoms. The van der Waals surface area contributed by atoms with E-state index in [9.17, 15) is 0 Å². The van der Waals surface area contributed by atoms with Crippen LogP contribution in [0.15, 0.2) is 36.7 Å². The first-order valence-corrected chi connectivity index (χ1v) is 7.19. The lowest BCUT2D eigenvalue weighted by Gasteiger charge is -1.97. The van der Waals surface area contributed by atoms with E-state index in [2.05, 4.69) is 22.1 Å². The Bertz CT molecular complexity index is 921. The fraction of sp³-hybridized carbons (Fsp3) is 0.133. The van der Waals surface area contributed by atoms with E-state index in [0.717, 1.165) is 37.6 Å². The third kappa shape index (κ3) is 1.56. The summed E-state index contributed by atoms with van der Waals surface area (Å²) in [7, 11) is 2.00. The Kier molecular flexibility index (Phi) is 2.37. The number of fused-ring (bicyclic) bond motifs is 3. The molecule has 0 fully saturated rings. The van der Waals surface area contributed by atoms with Gasteiger partial charge in [-0.1, -0.05) is 41.7 Å². The maximum absolute atomic E-state index is 4.78. The highest BCUT2D eigenvalue weighted by molar-refractivity contribution is 7.21. The third-order valence-corrected chi connectivity index (χ3v) is 4.40. The molecule has 0 bridgehead atoms. The van der Waals surface area contributed by atoms with Crippen LogP contribution in [-0.2, 0) is 7.05 Å². The molecule has 98 valence electrons. The third-order valence-electron chi connectivity index (χ3n) is 3.40. The van der Waals surface area contributed by atoms with E-state index in [1.807, 2.05) is 43.1 Å². The van der Waals surface area contributed by atoms with Crippen molar-refractivity contribution in [3.05, 3.63) is 42.4 Å². The van der Waals surface area contributed by atoms with Crippen molar-refractivity contribution in [2.24, 2.45) is 7.05 Å². The van der Waals surface area contributed by atoms with E-state index in [1.54, 1.807) is 11.3 Å². The van der Waals surface area contributed by atoms with Crippen LogP contribution in [0.1, 0.15) is 5.69 Å². The second-order valence-electron chi connectivity index (χ2n) is 4.79. The molecule has 3 aromatic heterocycles. The number of hydrogen-bond donors (Lipinski definition) is 0. The van der Waals surface area contributed by atoms with Crippen molar-refractivity contribution in [2.45, 2.75) is 6.92 Å². The number of thiazole rings is 1. The van der Waals surface area contributed by atoms with Crippen molar-refractivity contribution in [1.29, 1.82) is 0 Å². The highest BCUT2D eigenvalue weighted by atomic mass is 32.1. The molecule has 0 aliphatic heterocycles. The van der Waals surface area contributed by atoms with Crippen LogP contribution in [0, 0.1) is 6.92 Å². The second kappa shape index (κ2) is 4.11. The average molecular weight is 280 g/mol. The summed E-state index contributed by atoms with van der Waals surface area (Å²) in [6.45, 7) is 2.00. The monoisotopic (exact) mass is 280 g/mol. The van der Waals surface area contributed by atoms with E-state index in [0.29, 0.717) is 0 Å². The van der Waals surface area contributed by atoms with E-state index < -0.39 is 0 Å². The Morgan fingerprint density at radius 2 is 1.85 bits per heavy atom. The first-order chi connectivity index (χ1) is 9.74. The molecular formula is C15H12N4S. The number of rotatable bonds is 1. The SMILES string of the molecule is Cc1nc2sc(-c3ccccc3)nc2c2c1ncn2C. The Balaban J connectivity index is 2.09. The lowest BCUT2D eigenvalue weighted by atomic mass is 10.2. The molecule has 0 amide bonds. The van der Waals surface area contributed by atoms with Gasteiger partial charge in [0, 0.05) is 12.6 Å². The molecule has 0 saturated carbocycles. The van der Waals surface area contributed by atoms with Gasteiger partial charge in [-0.15, -0.1) is 0 Å². The Morgan fingerprint density at radius 1 is 1.05 bits per heavy atom. The van der Waals surface area contributed by atoms with Gasteiger partial charge >= 0.3 is 0 Å². The van der Waals surface area contributed by atoms with Crippen LogP contribution in [0.5, 0.6) is 0 Å². The molecule has 4 rings (SSSR count). The summed E-state index contributed by atoms with van der Waals surface area (Å²) in [5.74, 6) is 0. The largest absolute Gasteiger partial charge is 0.332 e. The molecule has 0 radical (unpaired) electrons. The van der Waals surface area contributed by atoms with Crippen molar-refractivity contribution < 1.29 is 0 Å². The highest BCUT2D eigenvalue weighted by Gasteiger charge is 2.15. The summed E-state index contributed by atoms with van der Waals surface area (Å²) < 4.78 is 2.01. The van der Waals surface area contributed by atoms with E-state index >= 15 is 0 Å². The van der Waals surface area contributed by atoms with Gasteiger partial charge in [-0.2, -0.15) is 0 Å². The first-order valence-electron chi connectivity index (χ1n) is 6.37. The van der Waals surface area contributed by atoms with E-state index in [4.69, 9.17) is 4.98 Å². The van der Waals surface area contributed by atoms with Crippen LogP contribution in [-0.4, -0.2) is 19.5 Å². The Morgan fingerprint density at radius 3 is 2.65 bits per heavy atom. The van der Waals surface area contributed by atoms with Gasteiger partial charge in [0.2, 0.25) is 0 Å². The summed E-state index contributed by atoms with van der Waals surface area (Å²) >= 11 is 1.63. The fourth-order valence-corrected chi connectivity index (χ4v) is 3.42. The summed E-state index contributed by atoms with van der Waals surface area (Å²) in [6, 6.07) is 10.2. The van der Waals surface area contributed by atoms with Crippen molar-refractivity contribution in [3.63, 3.8) is 0 Å². The number of benzene rings is 1. The van der Waals surface area contributed by atoms with Crippen molar-refractivity contribution in [2.75, 3.05) is 0 Å². The minimum absolute atomic E-state index is 0.935. The highest BCUT2D eigenvalue weighted by Crippen LogP contribution is 2.33. The van der Waals surface area contributed by atoms with Crippen LogP contribution < -0.4 is 0 Å². The maximum atomic E-state index is 4.78. The molecule has 0 aliphatic rings. The fourth-order valence-electron chi connectivity index (χ4n) is 2.43. The van der Waals surface area contributed by atoms with Crippen molar-refractivity contribution in [3.8, 4) is 10.6 Å². The molecule has 1 aromatic carbocycles. The average Bonchev–Trinajstić information content (AvgIpc) is 3.04. The number of hydrogen-bond acceptors (Lipinski definition) is 4. The van der Waals surface area contributed by atoms with Gasteiger partial charge in [-0.05, 0) is 6.92 Å². The second-order valence-corrected chi connectivity index (χ2v) is 5.77. The van der Waals surface area contributed by atoms with Gasteiger partial charge in [-0.25, -0.2) is 15.0 Å². The zero-order valence-corrected chi connectivity index (χ0v) is 12.0. The molecule has 0 atom stereocenters. The number of aromatic nitrogens is 4. The van der Waals surface area contributed by atoms with Gasteiger partial charge in [0.15, 0.2) is 0 Å². The minimum atomic E-state index is 0.935. The van der Waals surface area contributed by atoms with Gasteiger partial charge in [0.05, 0.1) is 17.5 Å². The predicted molar refractivity (Wildman–Crippen MR) is 81.9 cm³/mol. The van der Waals surface area contributed by atoms with Gasteiger partial charge in [0.25, 0.3) is 0 Å². The normalized spacial score (nSPS) is 11.5. The van der Waals surface area contributed by atoms with E-state index in [-0.39, 0.29) is 0 Å². The van der Waals surface area contributed by atoms with Crippen molar-refractivity contribution in [1.82, 2.24) is 19.5 Å². The molecular weight excluding hydrogens is 268 g/mol. The zero-order valence-electron chi connectivity index (χ0n) is 11.2. The lowest BCUT2D eigenvalue weighted by Crippen LogP contribution is -1.89. The summed E-state index contributed by atoms with van der Waals surface area (Å²) in [5.41, 5.74) is 5.02.